The van der Waals surface area contributed by atoms with E-state index in [0.29, 0.717) is 37.7 Å². The molecular weight excluding hydrogens is 751 g/mol. The molecule has 0 spiro atoms. The monoisotopic (exact) mass is 811 g/mol. The van der Waals surface area contributed by atoms with Crippen molar-refractivity contribution in [2.45, 2.75) is 140 Å². The van der Waals surface area contributed by atoms with E-state index < -0.39 is 78.2 Å². The number of para-hydroxylation sites is 1. The van der Waals surface area contributed by atoms with Crippen molar-refractivity contribution in [3.63, 3.8) is 0 Å². The first-order chi connectivity index (χ1) is 28.6. The normalized spacial score (nSPS) is 24.5. The Balaban J connectivity index is 1.43. The summed E-state index contributed by atoms with van der Waals surface area (Å²) < 4.78 is 0. The molecule has 1 saturated carbocycles. The van der Waals surface area contributed by atoms with Gasteiger partial charge in [-0.15, -0.1) is 0 Å². The van der Waals surface area contributed by atoms with Gasteiger partial charge in [-0.05, 0) is 68.2 Å². The molecule has 3 aromatic rings. The number of aromatic amines is 1. The highest BCUT2D eigenvalue weighted by Crippen LogP contribution is 2.30. The van der Waals surface area contributed by atoms with Gasteiger partial charge in [0.1, 0.15) is 30.2 Å². The topological polar surface area (TPSA) is 207 Å². The number of aromatic nitrogens is 1. The first-order valence-electron chi connectivity index (χ1n) is 21.6. The van der Waals surface area contributed by atoms with Gasteiger partial charge in [-0.25, -0.2) is 0 Å². The van der Waals surface area contributed by atoms with Gasteiger partial charge in [-0.2, -0.15) is 0 Å². The van der Waals surface area contributed by atoms with E-state index in [1.54, 1.807) is 36.5 Å². The fraction of sp³-hybridized carbons (Fsp3) is 0.556. The quantitative estimate of drug-likeness (QED) is 0.149. The molecule has 0 bridgehead atoms. The van der Waals surface area contributed by atoms with Crippen LogP contribution in [-0.4, -0.2) is 98.6 Å². The number of aliphatic hydroxyl groups is 1. The Morgan fingerprint density at radius 2 is 1.49 bits per heavy atom. The van der Waals surface area contributed by atoms with Crippen LogP contribution in [0.4, 0.5) is 0 Å². The van der Waals surface area contributed by atoms with Crippen LogP contribution in [0.25, 0.3) is 10.9 Å². The van der Waals surface area contributed by atoms with Crippen LogP contribution in [0.1, 0.15) is 114 Å². The van der Waals surface area contributed by atoms with Gasteiger partial charge in [0.15, 0.2) is 0 Å². The maximum atomic E-state index is 15.0. The largest absolute Gasteiger partial charge is 0.388 e. The first kappa shape index (κ1) is 43.5. The molecule has 6 amide bonds. The van der Waals surface area contributed by atoms with Crippen molar-refractivity contribution in [1.29, 1.82) is 0 Å². The van der Waals surface area contributed by atoms with Crippen molar-refractivity contribution in [2.24, 2.45) is 11.7 Å². The number of nitrogens with two attached hydrogens (primary N) is 1. The third-order valence-electron chi connectivity index (χ3n) is 12.3. The summed E-state index contributed by atoms with van der Waals surface area (Å²) in [6.45, 7) is 2.31. The lowest BCUT2D eigenvalue weighted by Crippen LogP contribution is -2.60. The minimum absolute atomic E-state index is 0.0149. The number of hydrogen-bond donors (Lipinski definition) is 6. The lowest BCUT2D eigenvalue weighted by molar-refractivity contribution is -0.159. The van der Waals surface area contributed by atoms with E-state index in [2.05, 4.69) is 20.9 Å². The summed E-state index contributed by atoms with van der Waals surface area (Å²) in [7, 11) is 0. The zero-order chi connectivity index (χ0) is 41.9. The third-order valence-corrected chi connectivity index (χ3v) is 12.3. The molecule has 6 atom stereocenters. The summed E-state index contributed by atoms with van der Waals surface area (Å²) in [4.78, 5) is 93.4. The zero-order valence-electron chi connectivity index (χ0n) is 34.2. The molecule has 3 aliphatic rings. The Morgan fingerprint density at radius 3 is 2.24 bits per heavy atom. The van der Waals surface area contributed by atoms with E-state index in [1.165, 1.54) is 4.90 Å². The van der Waals surface area contributed by atoms with Crippen molar-refractivity contribution < 1.29 is 33.9 Å². The number of aliphatic hydroxyl groups excluding tert-OH is 1. The van der Waals surface area contributed by atoms with Crippen molar-refractivity contribution in [2.75, 3.05) is 13.1 Å². The van der Waals surface area contributed by atoms with E-state index >= 15 is 4.79 Å². The van der Waals surface area contributed by atoms with Crippen LogP contribution >= 0.6 is 0 Å². The molecule has 2 aliphatic heterocycles. The third kappa shape index (κ3) is 10.8. The van der Waals surface area contributed by atoms with Crippen molar-refractivity contribution in [3.05, 3.63) is 71.9 Å². The van der Waals surface area contributed by atoms with Gasteiger partial charge in [0, 0.05) is 30.1 Å². The Kier molecular flexibility index (Phi) is 15.3. The number of amides is 6. The summed E-state index contributed by atoms with van der Waals surface area (Å²) in [6.07, 6.45) is 7.88. The predicted octanol–water partition coefficient (Wildman–Crippen LogP) is 3.92. The van der Waals surface area contributed by atoms with E-state index in [9.17, 15) is 29.1 Å². The van der Waals surface area contributed by atoms with E-state index in [1.807, 2.05) is 31.2 Å². The molecule has 3 fully saturated rings. The van der Waals surface area contributed by atoms with Crippen molar-refractivity contribution in [1.82, 2.24) is 30.7 Å². The van der Waals surface area contributed by atoms with Crippen LogP contribution in [0.5, 0.6) is 0 Å². The number of unbranched alkanes of at least 4 members (excludes halogenated alkanes) is 1. The SMILES string of the molecule is CCCC[C@@H]1NC(=O)[C@H](Cc2c[nH]c3ccccc23)NC(=O)[C@H](CC2CCCCC2)NC(=O)[C@@H]2CCCN2C(=O)[C@H](CCCN)N(C(=O)CC(O)c2ccccc2)C1=O. The molecular formula is C45H61N7O7. The van der Waals surface area contributed by atoms with E-state index in [4.69, 9.17) is 5.73 Å². The average molecular weight is 812 g/mol. The molecule has 1 aromatic heterocycles. The van der Waals surface area contributed by atoms with E-state index in [-0.39, 0.29) is 44.7 Å². The maximum absolute atomic E-state index is 15.0. The van der Waals surface area contributed by atoms with Gasteiger partial charge in [0.25, 0.3) is 5.91 Å². The Labute approximate surface area is 346 Å². The van der Waals surface area contributed by atoms with Gasteiger partial charge in [0.2, 0.25) is 29.5 Å². The number of carbonyl (C=O) groups excluding carboxylic acids is 6. The minimum atomic E-state index is -1.36. The predicted molar refractivity (Wildman–Crippen MR) is 223 cm³/mol. The number of nitrogens with one attached hydrogen (secondary N) is 4. The molecule has 1 aliphatic carbocycles. The summed E-state index contributed by atoms with van der Waals surface area (Å²) in [6, 6.07) is 10.5. The smallest absolute Gasteiger partial charge is 0.252 e. The maximum Gasteiger partial charge on any atom is 0.252 e. The number of benzene rings is 2. The van der Waals surface area contributed by atoms with Crippen LogP contribution in [0.2, 0.25) is 0 Å². The number of imide groups is 1. The molecule has 7 N–H and O–H groups in total. The molecule has 59 heavy (non-hydrogen) atoms. The fourth-order valence-corrected chi connectivity index (χ4v) is 9.04. The number of nitrogens with zero attached hydrogens (tertiary/aromatic N) is 2. The number of fused-ring (bicyclic) bond motifs is 2. The Morgan fingerprint density at radius 1 is 0.797 bits per heavy atom. The van der Waals surface area contributed by atoms with Crippen LogP contribution < -0.4 is 21.7 Å². The number of hydrogen-bond acceptors (Lipinski definition) is 8. The summed E-state index contributed by atoms with van der Waals surface area (Å²) in [5, 5.41) is 21.0. The van der Waals surface area contributed by atoms with Gasteiger partial charge >= 0.3 is 0 Å². The standard InChI is InChI=1S/C45H61N7O7/c1-2-3-19-34-44(58)52(40(54)27-39(53)30-16-8-5-9-17-30)38(21-12-23-46)45(59)51-24-13-22-37(51)43(57)50-35(25-29-14-6-4-7-15-29)41(55)49-36(42(56)48-34)26-31-28-47-33-20-11-10-18-32(31)33/h5,8-11,16-18,20,28-29,34-39,47,53H,2-4,6-7,12-15,19,21-27,46H2,1H3,(H,48,56)(H,49,55)(H,50,57)/t34-,35-,36-,37-,38-,39?/m0/s1. The highest BCUT2D eigenvalue weighted by atomic mass is 16.3. The van der Waals surface area contributed by atoms with Crippen LogP contribution in [0.15, 0.2) is 60.8 Å². The number of carbonyl (C=O) groups is 6. The minimum Gasteiger partial charge on any atom is -0.388 e. The number of H-pyrrole nitrogens is 1. The van der Waals surface area contributed by atoms with Gasteiger partial charge in [0.05, 0.1) is 12.5 Å². The van der Waals surface area contributed by atoms with Crippen molar-refractivity contribution >= 4 is 46.3 Å². The molecule has 14 heteroatoms. The van der Waals surface area contributed by atoms with Gasteiger partial charge in [-0.1, -0.05) is 100 Å². The first-order valence-corrected chi connectivity index (χ1v) is 21.6. The lowest BCUT2D eigenvalue weighted by Gasteiger charge is -2.36. The molecule has 14 nitrogen and oxygen atoms in total. The van der Waals surface area contributed by atoms with Gasteiger partial charge < -0.3 is 36.7 Å². The highest BCUT2D eigenvalue weighted by Gasteiger charge is 2.45. The number of rotatable bonds is 13. The highest BCUT2D eigenvalue weighted by molar-refractivity contribution is 6.05. The van der Waals surface area contributed by atoms with E-state index in [0.717, 1.165) is 53.5 Å². The summed E-state index contributed by atoms with van der Waals surface area (Å²) in [5.74, 6) is -3.65. The van der Waals surface area contributed by atoms with Crippen LogP contribution in [0.3, 0.4) is 0 Å². The zero-order valence-corrected chi connectivity index (χ0v) is 34.2. The van der Waals surface area contributed by atoms with Gasteiger partial charge in [-0.3, -0.25) is 33.7 Å². The molecule has 2 saturated heterocycles. The van der Waals surface area contributed by atoms with Crippen LogP contribution in [-0.2, 0) is 35.2 Å². The Hall–Kier alpha value is -5.08. The van der Waals surface area contributed by atoms with Crippen molar-refractivity contribution in [3.8, 4) is 0 Å². The molecule has 6 rings (SSSR count). The second-order valence-corrected chi connectivity index (χ2v) is 16.5. The molecule has 1 unspecified atom stereocenters. The fourth-order valence-electron chi connectivity index (χ4n) is 9.04. The second-order valence-electron chi connectivity index (χ2n) is 16.5. The molecule has 0 radical (unpaired) electrons. The Bertz CT molecular complexity index is 1930. The summed E-state index contributed by atoms with van der Waals surface area (Å²) in [5.41, 5.74) is 8.05. The molecule has 2 aromatic carbocycles. The second kappa shape index (κ2) is 20.7. The molecule has 318 valence electrons. The van der Waals surface area contributed by atoms with Crippen LogP contribution in [0, 0.1) is 5.92 Å². The summed E-state index contributed by atoms with van der Waals surface area (Å²) >= 11 is 0. The lowest BCUT2D eigenvalue weighted by atomic mass is 9.84. The molecule has 3 heterocycles. The average Bonchev–Trinajstić information content (AvgIpc) is 3.91.